The van der Waals surface area contributed by atoms with E-state index in [0.717, 1.165) is 19.3 Å². The molecule has 0 heterocycles. The van der Waals surface area contributed by atoms with E-state index in [-0.39, 0.29) is 12.0 Å². The van der Waals surface area contributed by atoms with E-state index in [1.54, 1.807) is 0 Å². The van der Waals surface area contributed by atoms with Crippen LogP contribution in [0.1, 0.15) is 29.9 Å². The van der Waals surface area contributed by atoms with Gasteiger partial charge in [0.25, 0.3) is 0 Å². The zero-order valence-electron chi connectivity index (χ0n) is 8.32. The molecule has 1 aromatic carbocycles. The molecule has 0 unspecified atom stereocenters. The summed E-state index contributed by atoms with van der Waals surface area (Å²) < 4.78 is 0. The number of aliphatic hydroxyl groups is 1. The predicted molar refractivity (Wildman–Crippen MR) is 57.2 cm³/mol. The fourth-order valence-corrected chi connectivity index (χ4v) is 2.32. The molecule has 76 valence electrons. The lowest BCUT2D eigenvalue weighted by atomic mass is 9.91. The van der Waals surface area contributed by atoms with E-state index in [9.17, 15) is 5.11 Å². The van der Waals surface area contributed by atoms with Gasteiger partial charge in [-0.05, 0) is 30.4 Å². The van der Waals surface area contributed by atoms with Crippen LogP contribution in [-0.4, -0.2) is 17.8 Å². The van der Waals surface area contributed by atoms with Crippen molar-refractivity contribution in [3.05, 3.63) is 35.4 Å². The maximum atomic E-state index is 9.92. The topological polar surface area (TPSA) is 46.2 Å². The van der Waals surface area contributed by atoms with Crippen LogP contribution < -0.4 is 5.73 Å². The number of aliphatic hydroxyl groups excluding tert-OH is 1. The first-order valence-corrected chi connectivity index (χ1v) is 5.29. The van der Waals surface area contributed by atoms with Crippen LogP contribution in [0.3, 0.4) is 0 Å². The van der Waals surface area contributed by atoms with E-state index in [2.05, 4.69) is 18.2 Å². The third kappa shape index (κ3) is 1.68. The van der Waals surface area contributed by atoms with Gasteiger partial charge in [-0.15, -0.1) is 0 Å². The number of benzene rings is 1. The lowest BCUT2D eigenvalue weighted by Gasteiger charge is -2.20. The molecule has 2 nitrogen and oxygen atoms in total. The van der Waals surface area contributed by atoms with Gasteiger partial charge in [0.05, 0.1) is 6.10 Å². The number of rotatable bonds is 1. The molecule has 0 bridgehead atoms. The lowest BCUT2D eigenvalue weighted by Crippen LogP contribution is -2.25. The molecule has 1 aromatic rings. The minimum Gasteiger partial charge on any atom is -0.392 e. The highest BCUT2D eigenvalue weighted by molar-refractivity contribution is 5.32. The number of hydrogen-bond acceptors (Lipinski definition) is 2. The lowest BCUT2D eigenvalue weighted by molar-refractivity contribution is 0.137. The summed E-state index contributed by atoms with van der Waals surface area (Å²) in [6, 6.07) is 8.33. The van der Waals surface area contributed by atoms with Crippen molar-refractivity contribution in [2.45, 2.75) is 31.3 Å². The Morgan fingerprint density at radius 1 is 1.36 bits per heavy atom. The van der Waals surface area contributed by atoms with Gasteiger partial charge < -0.3 is 10.8 Å². The Hall–Kier alpha value is -0.860. The molecular formula is C12H17NO. The molecule has 14 heavy (non-hydrogen) atoms. The Kier molecular flexibility index (Phi) is 2.85. The maximum Gasteiger partial charge on any atom is 0.0621 e. The van der Waals surface area contributed by atoms with Gasteiger partial charge in [0.1, 0.15) is 0 Å². The van der Waals surface area contributed by atoms with E-state index < -0.39 is 0 Å². The summed E-state index contributed by atoms with van der Waals surface area (Å²) in [7, 11) is 0. The second kappa shape index (κ2) is 4.11. The zero-order chi connectivity index (χ0) is 9.97. The number of nitrogens with two attached hydrogens (primary N) is 1. The Morgan fingerprint density at radius 2 is 2.14 bits per heavy atom. The fraction of sp³-hybridized carbons (Fsp3) is 0.500. The van der Waals surface area contributed by atoms with Gasteiger partial charge in [-0.2, -0.15) is 0 Å². The summed E-state index contributed by atoms with van der Waals surface area (Å²) in [6.07, 6.45) is 2.75. The summed E-state index contributed by atoms with van der Waals surface area (Å²) in [5, 5.41) is 9.92. The minimum atomic E-state index is -0.261. The monoisotopic (exact) mass is 191 g/mol. The van der Waals surface area contributed by atoms with Gasteiger partial charge >= 0.3 is 0 Å². The van der Waals surface area contributed by atoms with Crippen molar-refractivity contribution in [1.29, 1.82) is 0 Å². The van der Waals surface area contributed by atoms with Gasteiger partial charge in [-0.25, -0.2) is 0 Å². The van der Waals surface area contributed by atoms with Crippen molar-refractivity contribution in [2.24, 2.45) is 5.73 Å². The molecule has 1 aliphatic rings. The third-order valence-corrected chi connectivity index (χ3v) is 3.12. The normalized spacial score (nSPS) is 26.7. The molecule has 0 aliphatic heterocycles. The summed E-state index contributed by atoms with van der Waals surface area (Å²) >= 11 is 0. The highest BCUT2D eigenvalue weighted by atomic mass is 16.3. The average molecular weight is 191 g/mol. The van der Waals surface area contributed by atoms with Crippen LogP contribution in [-0.2, 0) is 6.42 Å². The fourth-order valence-electron chi connectivity index (χ4n) is 2.32. The van der Waals surface area contributed by atoms with Crippen molar-refractivity contribution in [1.82, 2.24) is 0 Å². The van der Waals surface area contributed by atoms with E-state index in [1.807, 2.05) is 6.07 Å². The van der Waals surface area contributed by atoms with Crippen molar-refractivity contribution < 1.29 is 5.11 Å². The molecule has 3 N–H and O–H groups in total. The van der Waals surface area contributed by atoms with E-state index >= 15 is 0 Å². The van der Waals surface area contributed by atoms with Gasteiger partial charge in [-0.3, -0.25) is 0 Å². The Bertz CT molecular complexity index is 311. The highest BCUT2D eigenvalue weighted by Gasteiger charge is 2.24. The molecule has 2 rings (SSSR count). The summed E-state index contributed by atoms with van der Waals surface area (Å²) in [5.41, 5.74) is 8.33. The first kappa shape index (κ1) is 9.69. The molecule has 0 aromatic heterocycles. The molecule has 0 saturated heterocycles. The summed E-state index contributed by atoms with van der Waals surface area (Å²) in [4.78, 5) is 0. The average Bonchev–Trinajstić information content (AvgIpc) is 2.36. The van der Waals surface area contributed by atoms with Crippen LogP contribution in [0, 0.1) is 0 Å². The quantitative estimate of drug-likeness (QED) is 0.660. The van der Waals surface area contributed by atoms with Crippen molar-refractivity contribution in [3.63, 3.8) is 0 Å². The molecular weight excluding hydrogens is 174 g/mol. The van der Waals surface area contributed by atoms with Crippen LogP contribution in [0.5, 0.6) is 0 Å². The highest BCUT2D eigenvalue weighted by Crippen LogP contribution is 2.29. The van der Waals surface area contributed by atoms with Gasteiger partial charge in [0.15, 0.2) is 0 Å². The first-order chi connectivity index (χ1) is 6.83. The molecule has 2 heteroatoms. The Balaban J connectivity index is 2.39. The van der Waals surface area contributed by atoms with Gasteiger partial charge in [0, 0.05) is 12.5 Å². The van der Waals surface area contributed by atoms with E-state index in [0.29, 0.717) is 6.54 Å². The molecule has 0 saturated carbocycles. The van der Waals surface area contributed by atoms with Crippen molar-refractivity contribution in [3.8, 4) is 0 Å². The second-order valence-electron chi connectivity index (χ2n) is 4.00. The molecule has 1 aliphatic carbocycles. The molecule has 0 spiro atoms. The van der Waals surface area contributed by atoms with Crippen LogP contribution in [0.25, 0.3) is 0 Å². The number of hydrogen-bond donors (Lipinski definition) is 2. The Morgan fingerprint density at radius 3 is 2.93 bits per heavy atom. The number of aryl methyl sites for hydroxylation is 1. The molecule has 0 amide bonds. The van der Waals surface area contributed by atoms with Crippen LogP contribution in [0.2, 0.25) is 0 Å². The summed E-state index contributed by atoms with van der Waals surface area (Å²) in [5.74, 6) is 0.133. The van der Waals surface area contributed by atoms with E-state index in [1.165, 1.54) is 11.1 Å². The first-order valence-electron chi connectivity index (χ1n) is 5.29. The Labute approximate surface area is 84.7 Å². The standard InChI is InChI=1S/C12H17NO/c13-8-11-10-6-2-1-4-9(10)5-3-7-12(11)14/h1-2,4,6,11-12,14H,3,5,7-8,13H2/t11-,12+/m0/s1. The smallest absolute Gasteiger partial charge is 0.0621 e. The van der Waals surface area contributed by atoms with Gasteiger partial charge in [0.2, 0.25) is 0 Å². The van der Waals surface area contributed by atoms with Crippen LogP contribution in [0.15, 0.2) is 24.3 Å². The van der Waals surface area contributed by atoms with Crippen LogP contribution in [0.4, 0.5) is 0 Å². The van der Waals surface area contributed by atoms with Gasteiger partial charge in [-0.1, -0.05) is 24.3 Å². The zero-order valence-corrected chi connectivity index (χ0v) is 8.32. The van der Waals surface area contributed by atoms with Crippen LogP contribution >= 0.6 is 0 Å². The largest absolute Gasteiger partial charge is 0.392 e. The van der Waals surface area contributed by atoms with Crippen molar-refractivity contribution in [2.75, 3.05) is 6.54 Å². The minimum absolute atomic E-state index is 0.133. The van der Waals surface area contributed by atoms with Crippen molar-refractivity contribution >= 4 is 0 Å². The number of fused-ring (bicyclic) bond motifs is 1. The maximum absolute atomic E-state index is 9.92. The second-order valence-corrected chi connectivity index (χ2v) is 4.00. The molecule has 0 fully saturated rings. The predicted octanol–water partition coefficient (Wildman–Crippen LogP) is 1.43. The third-order valence-electron chi connectivity index (χ3n) is 3.12. The molecule has 0 radical (unpaired) electrons. The SMILES string of the molecule is NC[C@H]1c2ccccc2CCC[C@H]1O. The molecule has 2 atom stereocenters. The summed E-state index contributed by atoms with van der Waals surface area (Å²) in [6.45, 7) is 0.540. The van der Waals surface area contributed by atoms with E-state index in [4.69, 9.17) is 5.73 Å².